The summed E-state index contributed by atoms with van der Waals surface area (Å²) in [4.78, 5) is 21.8. The van der Waals surface area contributed by atoms with E-state index in [1.54, 1.807) is 26.8 Å². The highest BCUT2D eigenvalue weighted by atomic mass is 19.1. The molecular weight excluding hydrogens is 291 g/mol. The first-order valence-corrected chi connectivity index (χ1v) is 6.92. The third-order valence-electron chi connectivity index (χ3n) is 2.78. The molecular formula is C15H21FN2O4. The maximum absolute atomic E-state index is 13.7. The summed E-state index contributed by atoms with van der Waals surface area (Å²) in [6, 6.07) is 3.76. The second kappa shape index (κ2) is 7.84. The van der Waals surface area contributed by atoms with Crippen LogP contribution in [0.25, 0.3) is 0 Å². The van der Waals surface area contributed by atoms with E-state index in [9.17, 15) is 19.2 Å². The Morgan fingerprint density at radius 1 is 1.45 bits per heavy atom. The van der Waals surface area contributed by atoms with Crippen molar-refractivity contribution in [3.05, 3.63) is 40.1 Å². The van der Waals surface area contributed by atoms with E-state index < -0.39 is 23.6 Å². The largest absolute Gasteiger partial charge is 0.444 e. The van der Waals surface area contributed by atoms with Crippen molar-refractivity contribution in [3.8, 4) is 0 Å². The molecule has 1 aromatic rings. The zero-order valence-electron chi connectivity index (χ0n) is 12.9. The average Bonchev–Trinajstić information content (AvgIpc) is 2.39. The molecule has 1 rings (SSSR count). The van der Waals surface area contributed by atoms with Gasteiger partial charge in [0.05, 0.1) is 12.6 Å². The van der Waals surface area contributed by atoms with Gasteiger partial charge in [0.2, 0.25) is 0 Å². The molecule has 7 heteroatoms. The van der Waals surface area contributed by atoms with Crippen LogP contribution in [0.2, 0.25) is 0 Å². The standard InChI is InChI=1S/C15H21FN2O4/c1-15(2,3)22-14(20)18-12(9-19)6-10-4-5-11(8-17-21)13(16)7-10/h4-5,7,12,19H,6,8-9H2,1-3H3,(H,18,20). The van der Waals surface area contributed by atoms with Crippen LogP contribution in [0.1, 0.15) is 31.9 Å². The van der Waals surface area contributed by atoms with Crippen LogP contribution < -0.4 is 5.32 Å². The molecule has 1 atom stereocenters. The number of alkyl carbamates (subject to hydrolysis) is 1. The van der Waals surface area contributed by atoms with Gasteiger partial charge in [-0.15, -0.1) is 0 Å². The van der Waals surface area contributed by atoms with Gasteiger partial charge in [0.25, 0.3) is 0 Å². The van der Waals surface area contributed by atoms with Crippen LogP contribution in [0.15, 0.2) is 23.4 Å². The number of carbonyl (C=O) groups excluding carboxylic acids is 1. The van der Waals surface area contributed by atoms with E-state index in [0.717, 1.165) is 0 Å². The van der Waals surface area contributed by atoms with Crippen molar-refractivity contribution in [2.45, 2.75) is 45.4 Å². The Hall–Kier alpha value is -2.02. The predicted octanol–water partition coefficient (Wildman–Crippen LogP) is 2.52. The van der Waals surface area contributed by atoms with Crippen molar-refractivity contribution in [2.75, 3.05) is 6.61 Å². The maximum atomic E-state index is 13.7. The van der Waals surface area contributed by atoms with E-state index in [0.29, 0.717) is 5.56 Å². The highest BCUT2D eigenvalue weighted by Gasteiger charge is 2.19. The van der Waals surface area contributed by atoms with Gasteiger partial charge in [-0.3, -0.25) is 0 Å². The van der Waals surface area contributed by atoms with E-state index in [2.05, 4.69) is 10.5 Å². The fraction of sp³-hybridized carbons (Fsp3) is 0.533. The number of nitroso groups, excluding NO2 is 1. The van der Waals surface area contributed by atoms with Crippen molar-refractivity contribution < 1.29 is 19.0 Å². The molecule has 0 saturated heterocycles. The molecule has 0 aromatic heterocycles. The monoisotopic (exact) mass is 312 g/mol. The number of halogens is 1. The van der Waals surface area contributed by atoms with Gasteiger partial charge in [-0.1, -0.05) is 17.3 Å². The van der Waals surface area contributed by atoms with Crippen molar-refractivity contribution in [1.82, 2.24) is 5.32 Å². The van der Waals surface area contributed by atoms with E-state index in [4.69, 9.17) is 4.74 Å². The van der Waals surface area contributed by atoms with E-state index >= 15 is 0 Å². The highest BCUT2D eigenvalue weighted by Crippen LogP contribution is 2.14. The number of benzene rings is 1. The normalized spacial score (nSPS) is 12.6. The van der Waals surface area contributed by atoms with Gasteiger partial charge in [0.1, 0.15) is 18.0 Å². The summed E-state index contributed by atoms with van der Waals surface area (Å²) in [7, 11) is 0. The fourth-order valence-corrected chi connectivity index (χ4v) is 1.84. The molecule has 22 heavy (non-hydrogen) atoms. The Labute approximate surface area is 128 Å². The van der Waals surface area contributed by atoms with Crippen LogP contribution in [0.5, 0.6) is 0 Å². The first kappa shape index (κ1) is 18.0. The quantitative estimate of drug-likeness (QED) is 0.790. The summed E-state index contributed by atoms with van der Waals surface area (Å²) in [6.45, 7) is 4.66. The summed E-state index contributed by atoms with van der Waals surface area (Å²) in [5.41, 5.74) is 0.154. The summed E-state index contributed by atoms with van der Waals surface area (Å²) < 4.78 is 18.8. The SMILES string of the molecule is CC(C)(C)OC(=O)NC(CO)Cc1ccc(CN=O)c(F)c1. The lowest BCUT2D eigenvalue weighted by Crippen LogP contribution is -2.42. The molecule has 6 nitrogen and oxygen atoms in total. The molecule has 0 spiro atoms. The lowest BCUT2D eigenvalue weighted by atomic mass is 10.0. The number of rotatable bonds is 6. The van der Waals surface area contributed by atoms with Gasteiger partial charge in [0.15, 0.2) is 0 Å². The summed E-state index contributed by atoms with van der Waals surface area (Å²) in [5, 5.41) is 14.5. The van der Waals surface area contributed by atoms with Crippen molar-refractivity contribution in [1.29, 1.82) is 0 Å². The topological polar surface area (TPSA) is 88.0 Å². The highest BCUT2D eigenvalue weighted by molar-refractivity contribution is 5.68. The zero-order valence-corrected chi connectivity index (χ0v) is 12.9. The number of ether oxygens (including phenoxy) is 1. The van der Waals surface area contributed by atoms with E-state index in [1.165, 1.54) is 12.1 Å². The molecule has 0 saturated carbocycles. The molecule has 1 aromatic carbocycles. The minimum absolute atomic E-state index is 0.208. The van der Waals surface area contributed by atoms with Gasteiger partial charge in [-0.2, -0.15) is 4.91 Å². The molecule has 0 fully saturated rings. The van der Waals surface area contributed by atoms with Crippen molar-refractivity contribution in [2.24, 2.45) is 5.18 Å². The number of aliphatic hydroxyl groups excluding tert-OH is 1. The minimum atomic E-state index is -0.645. The predicted molar refractivity (Wildman–Crippen MR) is 79.8 cm³/mol. The second-order valence-electron chi connectivity index (χ2n) is 5.94. The van der Waals surface area contributed by atoms with Crippen LogP contribution in [0.4, 0.5) is 9.18 Å². The number of nitrogens with zero attached hydrogens (tertiary/aromatic N) is 1. The molecule has 0 bridgehead atoms. The van der Waals surface area contributed by atoms with Crippen LogP contribution in [0.3, 0.4) is 0 Å². The van der Waals surface area contributed by atoms with E-state index in [1.807, 2.05) is 0 Å². The van der Waals surface area contributed by atoms with Gasteiger partial charge in [-0.05, 0) is 38.8 Å². The van der Waals surface area contributed by atoms with Gasteiger partial charge in [0, 0.05) is 5.56 Å². The summed E-state index contributed by atoms with van der Waals surface area (Å²) >= 11 is 0. The van der Waals surface area contributed by atoms with E-state index in [-0.39, 0.29) is 25.1 Å². The lowest BCUT2D eigenvalue weighted by Gasteiger charge is -2.22. The van der Waals surface area contributed by atoms with Gasteiger partial charge >= 0.3 is 6.09 Å². The lowest BCUT2D eigenvalue weighted by molar-refractivity contribution is 0.0483. The molecule has 0 aliphatic heterocycles. The van der Waals surface area contributed by atoms with Crippen molar-refractivity contribution in [3.63, 3.8) is 0 Å². The summed E-state index contributed by atoms with van der Waals surface area (Å²) in [5.74, 6) is -0.536. The first-order chi connectivity index (χ1) is 10.2. The van der Waals surface area contributed by atoms with Gasteiger partial charge < -0.3 is 15.2 Å². The third kappa shape index (κ3) is 6.17. The number of hydrogen-bond acceptors (Lipinski definition) is 5. The Morgan fingerprint density at radius 3 is 2.64 bits per heavy atom. The smallest absolute Gasteiger partial charge is 0.407 e. The van der Waals surface area contributed by atoms with Crippen LogP contribution in [-0.2, 0) is 17.7 Å². The molecule has 0 heterocycles. The third-order valence-corrected chi connectivity index (χ3v) is 2.78. The van der Waals surface area contributed by atoms with Crippen LogP contribution in [-0.4, -0.2) is 29.4 Å². The zero-order chi connectivity index (χ0) is 16.8. The average molecular weight is 312 g/mol. The summed E-state index contributed by atoms with van der Waals surface area (Å²) in [6.07, 6.45) is -0.407. The Bertz CT molecular complexity index is 529. The molecule has 0 aliphatic carbocycles. The van der Waals surface area contributed by atoms with Crippen LogP contribution in [0, 0.1) is 10.7 Å². The number of nitrogens with one attached hydrogen (secondary N) is 1. The minimum Gasteiger partial charge on any atom is -0.444 e. The molecule has 1 unspecified atom stereocenters. The molecule has 0 radical (unpaired) electrons. The Kier molecular flexibility index (Phi) is 6.42. The molecule has 1 amide bonds. The number of carbonyl (C=O) groups is 1. The van der Waals surface area contributed by atoms with Crippen LogP contribution >= 0.6 is 0 Å². The molecule has 2 N–H and O–H groups in total. The first-order valence-electron chi connectivity index (χ1n) is 6.92. The maximum Gasteiger partial charge on any atom is 0.407 e. The number of aliphatic hydroxyl groups is 1. The Balaban J connectivity index is 2.68. The van der Waals surface area contributed by atoms with Gasteiger partial charge in [-0.25, -0.2) is 9.18 Å². The second-order valence-corrected chi connectivity index (χ2v) is 5.94. The number of hydrogen-bond donors (Lipinski definition) is 2. The molecule has 0 aliphatic rings. The molecule has 122 valence electrons. The fourth-order valence-electron chi connectivity index (χ4n) is 1.84. The number of amides is 1. The Morgan fingerprint density at radius 2 is 2.14 bits per heavy atom. The van der Waals surface area contributed by atoms with Crippen molar-refractivity contribution >= 4 is 6.09 Å².